The van der Waals surface area contributed by atoms with Gasteiger partial charge < -0.3 is 24.3 Å². The molecule has 3 aromatic rings. The first-order chi connectivity index (χ1) is 16.8. The molecular formula is C23H24N4O7S. The number of anilines is 2. The van der Waals surface area contributed by atoms with Crippen molar-refractivity contribution in [2.75, 3.05) is 38.5 Å². The molecule has 0 unspecified atom stereocenters. The largest absolute Gasteiger partial charge is 0.493 e. The van der Waals surface area contributed by atoms with Gasteiger partial charge in [-0.05, 0) is 48.0 Å². The summed E-state index contributed by atoms with van der Waals surface area (Å²) in [5, 5.41) is 2.67. The van der Waals surface area contributed by atoms with Crippen molar-refractivity contribution in [1.29, 1.82) is 0 Å². The Bertz CT molecular complexity index is 1300. The summed E-state index contributed by atoms with van der Waals surface area (Å²) in [4.78, 5) is 20.1. The van der Waals surface area contributed by atoms with Crippen LogP contribution < -0.4 is 29.0 Å². The molecule has 11 nitrogen and oxygen atoms in total. The lowest BCUT2D eigenvalue weighted by atomic mass is 10.2. The average Bonchev–Trinajstić information content (AvgIpc) is 2.87. The van der Waals surface area contributed by atoms with Gasteiger partial charge in [0.2, 0.25) is 11.8 Å². The number of aromatic nitrogens is 2. The molecule has 184 valence electrons. The third-order valence-corrected chi connectivity index (χ3v) is 5.95. The Morgan fingerprint density at radius 2 is 1.57 bits per heavy atom. The van der Waals surface area contributed by atoms with E-state index in [0.29, 0.717) is 17.2 Å². The summed E-state index contributed by atoms with van der Waals surface area (Å²) >= 11 is 0. The fourth-order valence-corrected chi connectivity index (χ4v) is 3.87. The second kappa shape index (κ2) is 11.2. The number of rotatable bonds is 10. The van der Waals surface area contributed by atoms with E-state index in [-0.39, 0.29) is 22.6 Å². The number of carbonyl (C=O) groups is 1. The monoisotopic (exact) mass is 500 g/mol. The molecule has 0 aliphatic carbocycles. The SMILES string of the molecule is COc1cc(NS(=O)(=O)c2ccc(NC(=O)C=Cc3ccc(OC)c(OC)c3)cc2)nc(OC)n1. The summed E-state index contributed by atoms with van der Waals surface area (Å²) in [5.74, 6) is 0.838. The highest BCUT2D eigenvalue weighted by Gasteiger charge is 2.17. The highest BCUT2D eigenvalue weighted by atomic mass is 32.2. The van der Waals surface area contributed by atoms with Crippen molar-refractivity contribution in [1.82, 2.24) is 9.97 Å². The van der Waals surface area contributed by atoms with Crippen LogP contribution in [0.25, 0.3) is 6.08 Å². The molecule has 3 rings (SSSR count). The van der Waals surface area contributed by atoms with Gasteiger partial charge >= 0.3 is 6.01 Å². The van der Waals surface area contributed by atoms with E-state index < -0.39 is 15.9 Å². The van der Waals surface area contributed by atoms with Crippen LogP contribution in [0, 0.1) is 0 Å². The number of nitrogens with one attached hydrogen (secondary N) is 2. The van der Waals surface area contributed by atoms with Gasteiger partial charge in [-0.3, -0.25) is 9.52 Å². The molecule has 0 saturated carbocycles. The summed E-state index contributed by atoms with van der Waals surface area (Å²) in [6, 6.07) is 12.2. The molecule has 0 atom stereocenters. The molecule has 0 aliphatic rings. The Kier molecular flexibility index (Phi) is 8.10. The Labute approximate surface area is 202 Å². The normalized spacial score (nSPS) is 11.1. The van der Waals surface area contributed by atoms with Crippen molar-refractivity contribution in [3.8, 4) is 23.4 Å². The van der Waals surface area contributed by atoms with Gasteiger partial charge in [0.1, 0.15) is 0 Å². The zero-order chi connectivity index (χ0) is 25.4. The summed E-state index contributed by atoms with van der Waals surface area (Å²) in [5.41, 5.74) is 1.15. The maximum Gasteiger partial charge on any atom is 0.321 e. The molecule has 0 saturated heterocycles. The lowest BCUT2D eigenvalue weighted by Crippen LogP contribution is -2.15. The number of hydrogen-bond acceptors (Lipinski definition) is 9. The van der Waals surface area contributed by atoms with E-state index in [2.05, 4.69) is 20.0 Å². The number of benzene rings is 2. The minimum absolute atomic E-state index is 0.0219. The molecule has 0 bridgehead atoms. The van der Waals surface area contributed by atoms with E-state index in [4.69, 9.17) is 18.9 Å². The molecule has 12 heteroatoms. The second-order valence-corrected chi connectivity index (χ2v) is 8.53. The molecule has 2 N–H and O–H groups in total. The minimum atomic E-state index is -3.97. The number of hydrogen-bond donors (Lipinski definition) is 2. The number of methoxy groups -OCH3 is 4. The van der Waals surface area contributed by atoms with Gasteiger partial charge in [0.25, 0.3) is 10.0 Å². The quantitative estimate of drug-likeness (QED) is 0.402. The molecule has 35 heavy (non-hydrogen) atoms. The first-order valence-electron chi connectivity index (χ1n) is 10.1. The number of sulfonamides is 1. The van der Waals surface area contributed by atoms with Crippen LogP contribution in [0.2, 0.25) is 0 Å². The van der Waals surface area contributed by atoms with Crippen LogP contribution in [0.1, 0.15) is 5.56 Å². The van der Waals surface area contributed by atoms with Crippen LogP contribution in [0.15, 0.2) is 59.5 Å². The van der Waals surface area contributed by atoms with Gasteiger partial charge in [-0.1, -0.05) is 6.07 Å². The molecule has 2 aromatic carbocycles. The van der Waals surface area contributed by atoms with Crippen LogP contribution in [0.3, 0.4) is 0 Å². The summed E-state index contributed by atoms with van der Waals surface area (Å²) in [6.45, 7) is 0. The summed E-state index contributed by atoms with van der Waals surface area (Å²) in [7, 11) is 1.83. The third kappa shape index (κ3) is 6.60. The third-order valence-electron chi connectivity index (χ3n) is 4.58. The maximum atomic E-state index is 12.7. The fraction of sp³-hybridized carbons (Fsp3) is 0.174. The first kappa shape index (κ1) is 25.3. The number of amides is 1. The lowest BCUT2D eigenvalue weighted by molar-refractivity contribution is -0.111. The topological polar surface area (TPSA) is 138 Å². The molecule has 0 radical (unpaired) electrons. The maximum absolute atomic E-state index is 12.7. The lowest BCUT2D eigenvalue weighted by Gasteiger charge is -2.10. The number of ether oxygens (including phenoxy) is 4. The number of carbonyl (C=O) groups excluding carboxylic acids is 1. The van der Waals surface area contributed by atoms with Crippen LogP contribution >= 0.6 is 0 Å². The van der Waals surface area contributed by atoms with Crippen LogP contribution in [-0.2, 0) is 14.8 Å². The van der Waals surface area contributed by atoms with Gasteiger partial charge in [0.15, 0.2) is 17.3 Å². The van der Waals surface area contributed by atoms with Gasteiger partial charge in [0, 0.05) is 17.8 Å². The molecule has 0 aliphatic heterocycles. The first-order valence-corrected chi connectivity index (χ1v) is 11.6. The smallest absolute Gasteiger partial charge is 0.321 e. The van der Waals surface area contributed by atoms with Crippen molar-refractivity contribution >= 4 is 33.5 Å². The highest BCUT2D eigenvalue weighted by molar-refractivity contribution is 7.92. The fourth-order valence-electron chi connectivity index (χ4n) is 2.88. The van der Waals surface area contributed by atoms with Crippen molar-refractivity contribution in [2.24, 2.45) is 0 Å². The molecule has 1 aromatic heterocycles. The van der Waals surface area contributed by atoms with E-state index in [1.807, 2.05) is 0 Å². The zero-order valence-electron chi connectivity index (χ0n) is 19.4. The molecule has 1 amide bonds. The van der Waals surface area contributed by atoms with Crippen molar-refractivity contribution in [3.05, 3.63) is 60.2 Å². The van der Waals surface area contributed by atoms with Gasteiger partial charge in [-0.2, -0.15) is 9.97 Å². The molecule has 1 heterocycles. The Hall–Kier alpha value is -4.32. The predicted molar refractivity (Wildman–Crippen MR) is 130 cm³/mol. The van der Waals surface area contributed by atoms with E-state index in [0.717, 1.165) is 5.56 Å². The van der Waals surface area contributed by atoms with Gasteiger partial charge in [-0.15, -0.1) is 0 Å². The van der Waals surface area contributed by atoms with Crippen molar-refractivity contribution in [2.45, 2.75) is 4.90 Å². The molecular weight excluding hydrogens is 476 g/mol. The summed E-state index contributed by atoms with van der Waals surface area (Å²) in [6.07, 6.45) is 2.97. The van der Waals surface area contributed by atoms with Gasteiger partial charge in [0.05, 0.1) is 33.3 Å². The summed E-state index contributed by atoms with van der Waals surface area (Å²) < 4.78 is 48.2. The standard InChI is InChI=1S/C23H24N4O7S/c1-31-18-11-5-15(13-19(18)32-2)6-12-21(28)24-16-7-9-17(10-8-16)35(29,30)27-20-14-22(33-3)26-23(25-20)34-4/h5-14H,1-4H3,(H,24,28)(H,25,26,27). The van der Waals surface area contributed by atoms with E-state index in [1.54, 1.807) is 24.3 Å². The predicted octanol–water partition coefficient (Wildman–Crippen LogP) is 2.96. The van der Waals surface area contributed by atoms with Crippen LogP contribution in [0.5, 0.6) is 23.4 Å². The van der Waals surface area contributed by atoms with E-state index >= 15 is 0 Å². The van der Waals surface area contributed by atoms with Gasteiger partial charge in [-0.25, -0.2) is 8.42 Å². The van der Waals surface area contributed by atoms with Crippen molar-refractivity contribution in [3.63, 3.8) is 0 Å². The Morgan fingerprint density at radius 3 is 2.20 bits per heavy atom. The van der Waals surface area contributed by atoms with E-state index in [9.17, 15) is 13.2 Å². The molecule has 0 spiro atoms. The highest BCUT2D eigenvalue weighted by Crippen LogP contribution is 2.28. The Morgan fingerprint density at radius 1 is 0.857 bits per heavy atom. The zero-order valence-corrected chi connectivity index (χ0v) is 20.3. The number of nitrogens with zero attached hydrogens (tertiary/aromatic N) is 2. The van der Waals surface area contributed by atoms with Crippen molar-refractivity contribution < 1.29 is 32.2 Å². The van der Waals surface area contributed by atoms with E-state index in [1.165, 1.54) is 64.8 Å². The molecule has 0 fully saturated rings. The second-order valence-electron chi connectivity index (χ2n) is 6.85. The minimum Gasteiger partial charge on any atom is -0.493 e. The van der Waals surface area contributed by atoms with Crippen LogP contribution in [0.4, 0.5) is 11.5 Å². The average molecular weight is 501 g/mol. The Balaban J connectivity index is 1.67. The van der Waals surface area contributed by atoms with Crippen LogP contribution in [-0.4, -0.2) is 52.7 Å².